The Morgan fingerprint density at radius 2 is 1.61 bits per heavy atom. The summed E-state index contributed by atoms with van der Waals surface area (Å²) in [5, 5.41) is 2.62. The Kier molecular flexibility index (Phi) is 3.69. The van der Waals surface area contributed by atoms with E-state index in [1.165, 1.54) is 23.1 Å². The van der Waals surface area contributed by atoms with E-state index in [9.17, 15) is 18.8 Å². The van der Waals surface area contributed by atoms with E-state index in [1.54, 1.807) is 30.3 Å². The lowest BCUT2D eigenvalue weighted by atomic mass is 9.85. The molecule has 6 heteroatoms. The predicted octanol–water partition coefficient (Wildman–Crippen LogP) is 3.39. The smallest absolute Gasteiger partial charge is 0.255 e. The molecule has 0 aromatic heterocycles. The van der Waals surface area contributed by atoms with Gasteiger partial charge in [0.2, 0.25) is 11.8 Å². The molecule has 0 spiro atoms. The maximum atomic E-state index is 13.3. The maximum absolute atomic E-state index is 13.3. The zero-order valence-electron chi connectivity index (χ0n) is 14.8. The number of hydrogen-bond acceptors (Lipinski definition) is 3. The van der Waals surface area contributed by atoms with Crippen molar-refractivity contribution in [3.63, 3.8) is 0 Å². The second-order valence-corrected chi connectivity index (χ2v) is 7.52. The molecular weight excluding hydrogens is 359 g/mol. The number of anilines is 2. The van der Waals surface area contributed by atoms with Crippen LogP contribution in [-0.2, 0) is 9.59 Å². The standard InChI is InChI=1S/C22H17FN2O3/c23-15-2-1-3-16(11-15)24-20(26)12-6-8-17(9-7-12)25-21(27)18-13-4-5-14(10-13)19(18)22(25)28/h1-9,11,13-14,18-19H,10H2,(H,24,26)/t13-,14+,18-,19+. The minimum Gasteiger partial charge on any atom is -0.322 e. The number of hydrogen-bond donors (Lipinski definition) is 1. The molecule has 5 nitrogen and oxygen atoms in total. The first-order chi connectivity index (χ1) is 13.5. The van der Waals surface area contributed by atoms with Crippen molar-refractivity contribution in [2.24, 2.45) is 23.7 Å². The lowest BCUT2D eigenvalue weighted by molar-refractivity contribution is -0.123. The van der Waals surface area contributed by atoms with Crippen molar-refractivity contribution >= 4 is 29.1 Å². The average molecular weight is 376 g/mol. The quantitative estimate of drug-likeness (QED) is 0.660. The first kappa shape index (κ1) is 16.9. The highest BCUT2D eigenvalue weighted by atomic mass is 19.1. The monoisotopic (exact) mass is 376 g/mol. The molecule has 140 valence electrons. The molecule has 2 aromatic rings. The zero-order valence-corrected chi connectivity index (χ0v) is 14.8. The first-order valence-electron chi connectivity index (χ1n) is 9.26. The van der Waals surface area contributed by atoms with Crippen LogP contribution in [0.15, 0.2) is 60.7 Å². The van der Waals surface area contributed by atoms with Crippen LogP contribution in [0.4, 0.5) is 15.8 Å². The lowest BCUT2D eigenvalue weighted by Gasteiger charge is -2.17. The van der Waals surface area contributed by atoms with Gasteiger partial charge in [0, 0.05) is 11.3 Å². The van der Waals surface area contributed by atoms with Gasteiger partial charge in [0.15, 0.2) is 0 Å². The number of carbonyl (C=O) groups is 3. The Morgan fingerprint density at radius 3 is 2.21 bits per heavy atom. The fourth-order valence-electron chi connectivity index (χ4n) is 4.69. The van der Waals surface area contributed by atoms with E-state index in [1.807, 2.05) is 0 Å². The molecule has 2 aromatic carbocycles. The molecule has 3 aliphatic rings. The molecule has 4 atom stereocenters. The third-order valence-corrected chi connectivity index (χ3v) is 5.94. The summed E-state index contributed by atoms with van der Waals surface area (Å²) in [6, 6.07) is 12.0. The van der Waals surface area contributed by atoms with Crippen LogP contribution in [0.1, 0.15) is 16.8 Å². The fourth-order valence-corrected chi connectivity index (χ4v) is 4.69. The van der Waals surface area contributed by atoms with Gasteiger partial charge in [-0.05, 0) is 60.7 Å². The van der Waals surface area contributed by atoms with E-state index in [2.05, 4.69) is 17.5 Å². The molecule has 1 N–H and O–H groups in total. The molecule has 3 amide bonds. The van der Waals surface area contributed by atoms with Crippen molar-refractivity contribution in [3.8, 4) is 0 Å². The third kappa shape index (κ3) is 2.48. The van der Waals surface area contributed by atoms with Crippen molar-refractivity contribution in [2.75, 3.05) is 10.2 Å². The number of carbonyl (C=O) groups excluding carboxylic acids is 3. The minimum atomic E-state index is -0.437. The van der Waals surface area contributed by atoms with Gasteiger partial charge in [-0.15, -0.1) is 0 Å². The van der Waals surface area contributed by atoms with E-state index in [-0.39, 0.29) is 35.5 Å². The molecule has 2 bridgehead atoms. The largest absolute Gasteiger partial charge is 0.322 e. The number of halogens is 1. The molecule has 28 heavy (non-hydrogen) atoms. The Balaban J connectivity index is 1.35. The SMILES string of the molecule is O=C(Nc1cccc(F)c1)c1ccc(N2C(=O)[C@@H]3[C@H](C2=O)[C@@H]2C=C[C@H]3C2)cc1. The number of benzene rings is 2. The number of fused-ring (bicyclic) bond motifs is 5. The fraction of sp³-hybridized carbons (Fsp3) is 0.227. The molecule has 1 aliphatic heterocycles. The lowest BCUT2D eigenvalue weighted by Crippen LogP contribution is -2.32. The molecule has 2 aliphatic carbocycles. The molecule has 0 unspecified atom stereocenters. The van der Waals surface area contributed by atoms with Crippen molar-refractivity contribution in [1.29, 1.82) is 0 Å². The summed E-state index contributed by atoms with van der Waals surface area (Å²) in [5.41, 5.74) is 1.19. The zero-order chi connectivity index (χ0) is 19.4. The van der Waals surface area contributed by atoms with Crippen molar-refractivity contribution in [2.45, 2.75) is 6.42 Å². The van der Waals surface area contributed by atoms with E-state index < -0.39 is 11.7 Å². The summed E-state index contributed by atoms with van der Waals surface area (Å²) in [6.45, 7) is 0. The van der Waals surface area contributed by atoms with Crippen LogP contribution >= 0.6 is 0 Å². The highest BCUT2D eigenvalue weighted by Crippen LogP contribution is 2.53. The maximum Gasteiger partial charge on any atom is 0.255 e. The second kappa shape index (κ2) is 6.12. The van der Waals surface area contributed by atoms with E-state index in [0.717, 1.165) is 6.42 Å². The number of amides is 3. The molecule has 0 radical (unpaired) electrons. The first-order valence-corrected chi connectivity index (χ1v) is 9.26. The van der Waals surface area contributed by atoms with Crippen LogP contribution in [0.2, 0.25) is 0 Å². The predicted molar refractivity (Wildman–Crippen MR) is 101 cm³/mol. The van der Waals surface area contributed by atoms with E-state index in [4.69, 9.17) is 0 Å². The Labute approximate surface area is 160 Å². The number of imide groups is 1. The Hall–Kier alpha value is -3.28. The van der Waals surface area contributed by atoms with Crippen LogP contribution in [0.5, 0.6) is 0 Å². The van der Waals surface area contributed by atoms with Crippen molar-refractivity contribution in [1.82, 2.24) is 0 Å². The van der Waals surface area contributed by atoms with Crippen LogP contribution in [0, 0.1) is 29.5 Å². The average Bonchev–Trinajstić information content (AvgIpc) is 3.36. The van der Waals surface area contributed by atoms with Gasteiger partial charge < -0.3 is 5.32 Å². The van der Waals surface area contributed by atoms with Gasteiger partial charge in [-0.1, -0.05) is 18.2 Å². The molecule has 5 rings (SSSR count). The summed E-state index contributed by atoms with van der Waals surface area (Å²) in [4.78, 5) is 39.3. The summed E-state index contributed by atoms with van der Waals surface area (Å²) in [6.07, 6.45) is 5.00. The summed E-state index contributed by atoms with van der Waals surface area (Å²) < 4.78 is 13.3. The number of rotatable bonds is 3. The molecular formula is C22H17FN2O3. The van der Waals surface area contributed by atoms with E-state index in [0.29, 0.717) is 16.9 Å². The van der Waals surface area contributed by atoms with Crippen LogP contribution in [-0.4, -0.2) is 17.7 Å². The van der Waals surface area contributed by atoms with Crippen LogP contribution in [0.3, 0.4) is 0 Å². The topological polar surface area (TPSA) is 66.5 Å². The highest BCUT2D eigenvalue weighted by molar-refractivity contribution is 6.23. The number of nitrogens with zero attached hydrogens (tertiary/aromatic N) is 1. The summed E-state index contributed by atoms with van der Waals surface area (Å²) >= 11 is 0. The highest BCUT2D eigenvalue weighted by Gasteiger charge is 2.59. The van der Waals surface area contributed by atoms with Crippen molar-refractivity contribution < 1.29 is 18.8 Å². The van der Waals surface area contributed by atoms with Crippen LogP contribution < -0.4 is 10.2 Å². The normalized spacial score (nSPS) is 27.4. The van der Waals surface area contributed by atoms with E-state index >= 15 is 0 Å². The van der Waals surface area contributed by atoms with Crippen molar-refractivity contribution in [3.05, 3.63) is 72.1 Å². The molecule has 1 heterocycles. The summed E-state index contributed by atoms with van der Waals surface area (Å²) in [7, 11) is 0. The Bertz CT molecular complexity index is 1000. The van der Waals surface area contributed by atoms with Gasteiger partial charge in [-0.2, -0.15) is 0 Å². The number of nitrogens with one attached hydrogen (secondary N) is 1. The number of allylic oxidation sites excluding steroid dienone is 2. The summed E-state index contributed by atoms with van der Waals surface area (Å²) in [5.74, 6) is -1.31. The molecule has 1 saturated heterocycles. The third-order valence-electron chi connectivity index (χ3n) is 5.94. The van der Waals surface area contributed by atoms with Gasteiger partial charge in [-0.25, -0.2) is 4.39 Å². The minimum absolute atomic E-state index is 0.149. The van der Waals surface area contributed by atoms with Crippen LogP contribution in [0.25, 0.3) is 0 Å². The molecule has 1 saturated carbocycles. The van der Waals surface area contributed by atoms with Gasteiger partial charge >= 0.3 is 0 Å². The molecule has 2 fully saturated rings. The second-order valence-electron chi connectivity index (χ2n) is 7.52. The van der Waals surface area contributed by atoms with Gasteiger partial charge in [0.1, 0.15) is 5.82 Å². The van der Waals surface area contributed by atoms with Gasteiger partial charge in [0.25, 0.3) is 5.91 Å². The Morgan fingerprint density at radius 1 is 0.964 bits per heavy atom. The van der Waals surface area contributed by atoms with Gasteiger partial charge in [0.05, 0.1) is 17.5 Å². The van der Waals surface area contributed by atoms with Gasteiger partial charge in [-0.3, -0.25) is 19.3 Å².